The number of furan rings is 2. The molecule has 0 fully saturated rings. The Labute approximate surface area is 203 Å². The van der Waals surface area contributed by atoms with Crippen LogP contribution < -0.4 is 0 Å². The van der Waals surface area contributed by atoms with Crippen LogP contribution in [0.1, 0.15) is 51.5 Å². The van der Waals surface area contributed by atoms with E-state index in [0.717, 1.165) is 51.0 Å². The number of thiophene rings is 1. The van der Waals surface area contributed by atoms with Gasteiger partial charge in [0.15, 0.2) is 0 Å². The van der Waals surface area contributed by atoms with E-state index in [1.54, 1.807) is 0 Å². The summed E-state index contributed by atoms with van der Waals surface area (Å²) in [6, 6.07) is 13.1. The molecule has 4 heteroatoms. The summed E-state index contributed by atoms with van der Waals surface area (Å²) in [5, 5.41) is 6.80. The fourth-order valence-electron chi connectivity index (χ4n) is 5.14. The molecule has 6 rings (SSSR count). The highest BCUT2D eigenvalue weighted by atomic mass is 32.1. The molecule has 2 aromatic carbocycles. The van der Waals surface area contributed by atoms with Gasteiger partial charge >= 0.3 is 0 Å². The van der Waals surface area contributed by atoms with E-state index in [9.17, 15) is 0 Å². The van der Waals surface area contributed by atoms with Crippen molar-refractivity contribution < 1.29 is 8.83 Å². The summed E-state index contributed by atoms with van der Waals surface area (Å²) >= 11 is 1.81. The number of pyridine rings is 1. The van der Waals surface area contributed by atoms with Crippen LogP contribution in [-0.2, 0) is 11.8 Å². The minimum Gasteiger partial charge on any atom is -0.461 e. The normalized spacial score (nSPS) is 12.8. The van der Waals surface area contributed by atoms with Crippen molar-refractivity contribution in [2.45, 2.75) is 53.4 Å². The molecule has 34 heavy (non-hydrogen) atoms. The van der Waals surface area contributed by atoms with Gasteiger partial charge in [-0.25, -0.2) is 0 Å². The summed E-state index contributed by atoms with van der Waals surface area (Å²) < 4.78 is 13.8. The Hall–Kier alpha value is -3.11. The molecule has 0 bridgehead atoms. The predicted octanol–water partition coefficient (Wildman–Crippen LogP) is 9.41. The smallest absolute Gasteiger partial charge is 0.139 e. The fraction of sp³-hybridized carbons (Fsp3) is 0.300. The first-order chi connectivity index (χ1) is 16.2. The molecule has 0 amide bonds. The highest BCUT2D eigenvalue weighted by Crippen LogP contribution is 2.42. The van der Waals surface area contributed by atoms with Crippen molar-refractivity contribution in [3.05, 3.63) is 64.9 Å². The van der Waals surface area contributed by atoms with Crippen LogP contribution in [0.3, 0.4) is 0 Å². The lowest BCUT2D eigenvalue weighted by Gasteiger charge is -2.21. The van der Waals surface area contributed by atoms with Crippen molar-refractivity contribution in [2.24, 2.45) is 5.92 Å². The summed E-state index contributed by atoms with van der Waals surface area (Å²) in [5.74, 6) is 1.55. The molecule has 0 aliphatic rings. The molecule has 6 aromatic rings. The molecule has 0 saturated heterocycles. The van der Waals surface area contributed by atoms with Gasteiger partial charge in [0.2, 0.25) is 0 Å². The number of benzene rings is 2. The standard InChI is InChI=1S/C30H29NO2S/c1-16(2)11-20-17(3)32-25-15-26-22(14-21(20)25)27-24(33-26)7-9-31-28(27)19-12-18-8-10-34-29(18)23(13-19)30(4,5)6/h7-10,12-16H,11H2,1-6H3. The average molecular weight is 468 g/mol. The molecule has 172 valence electrons. The first-order valence-corrected chi connectivity index (χ1v) is 12.8. The Balaban J connectivity index is 1.67. The minimum atomic E-state index is 0.0394. The van der Waals surface area contributed by atoms with Crippen molar-refractivity contribution in [2.75, 3.05) is 0 Å². The molecule has 3 nitrogen and oxygen atoms in total. The van der Waals surface area contributed by atoms with Crippen molar-refractivity contribution >= 4 is 54.3 Å². The molecule has 0 aliphatic carbocycles. The van der Waals surface area contributed by atoms with Crippen molar-refractivity contribution in [3.8, 4) is 11.3 Å². The molecule has 0 unspecified atom stereocenters. The second-order valence-electron chi connectivity index (χ2n) is 10.8. The summed E-state index contributed by atoms with van der Waals surface area (Å²) in [5.41, 5.74) is 7.39. The zero-order valence-corrected chi connectivity index (χ0v) is 21.4. The van der Waals surface area contributed by atoms with Crippen LogP contribution in [0.2, 0.25) is 0 Å². The van der Waals surface area contributed by atoms with E-state index < -0.39 is 0 Å². The maximum absolute atomic E-state index is 6.32. The van der Waals surface area contributed by atoms with Gasteiger partial charge in [0.05, 0.1) is 11.1 Å². The second kappa shape index (κ2) is 7.44. The van der Waals surface area contributed by atoms with Gasteiger partial charge in [0, 0.05) is 38.9 Å². The van der Waals surface area contributed by atoms with E-state index in [4.69, 9.17) is 13.8 Å². The van der Waals surface area contributed by atoms with E-state index >= 15 is 0 Å². The molecule has 0 saturated carbocycles. The van der Waals surface area contributed by atoms with Crippen LogP contribution in [0.5, 0.6) is 0 Å². The SMILES string of the molecule is Cc1oc2cc3oc4ccnc(-c5cc(C(C)(C)C)c6sccc6c5)c4c3cc2c1CC(C)C. The van der Waals surface area contributed by atoms with Gasteiger partial charge in [-0.05, 0) is 71.3 Å². The van der Waals surface area contributed by atoms with E-state index in [-0.39, 0.29) is 5.41 Å². The summed E-state index contributed by atoms with van der Waals surface area (Å²) in [6.45, 7) is 13.4. The Kier molecular flexibility index (Phi) is 4.69. The van der Waals surface area contributed by atoms with Crippen LogP contribution in [-0.4, -0.2) is 4.98 Å². The number of fused-ring (bicyclic) bond motifs is 5. The molecule has 0 radical (unpaired) electrons. The lowest BCUT2D eigenvalue weighted by atomic mass is 9.84. The molecular weight excluding hydrogens is 438 g/mol. The van der Waals surface area contributed by atoms with Gasteiger partial charge in [-0.2, -0.15) is 0 Å². The lowest BCUT2D eigenvalue weighted by Crippen LogP contribution is -2.11. The minimum absolute atomic E-state index is 0.0394. The monoisotopic (exact) mass is 467 g/mol. The summed E-state index contributed by atoms with van der Waals surface area (Å²) in [6.07, 6.45) is 2.85. The molecule has 4 heterocycles. The van der Waals surface area contributed by atoms with Gasteiger partial charge < -0.3 is 8.83 Å². The van der Waals surface area contributed by atoms with Gasteiger partial charge in [-0.15, -0.1) is 11.3 Å². The first-order valence-electron chi connectivity index (χ1n) is 12.0. The quantitative estimate of drug-likeness (QED) is 0.260. The van der Waals surface area contributed by atoms with Crippen molar-refractivity contribution in [1.29, 1.82) is 0 Å². The molecule has 0 spiro atoms. The second-order valence-corrected chi connectivity index (χ2v) is 11.7. The largest absolute Gasteiger partial charge is 0.461 e. The van der Waals surface area contributed by atoms with Crippen molar-refractivity contribution in [1.82, 2.24) is 4.98 Å². The highest BCUT2D eigenvalue weighted by Gasteiger charge is 2.22. The maximum atomic E-state index is 6.32. The van der Waals surface area contributed by atoms with Crippen molar-refractivity contribution in [3.63, 3.8) is 0 Å². The molecule has 0 atom stereocenters. The lowest BCUT2D eigenvalue weighted by molar-refractivity contribution is 0.559. The van der Waals surface area contributed by atoms with Crippen LogP contribution in [0, 0.1) is 12.8 Å². The fourth-order valence-corrected chi connectivity index (χ4v) is 6.25. The van der Waals surface area contributed by atoms with Crippen LogP contribution in [0.15, 0.2) is 56.8 Å². The predicted molar refractivity (Wildman–Crippen MR) is 144 cm³/mol. The van der Waals surface area contributed by atoms with E-state index in [0.29, 0.717) is 5.92 Å². The number of aromatic nitrogens is 1. The molecular formula is C30H29NO2S. The maximum Gasteiger partial charge on any atom is 0.139 e. The zero-order valence-electron chi connectivity index (χ0n) is 20.6. The van der Waals surface area contributed by atoms with Crippen LogP contribution >= 0.6 is 11.3 Å². The Morgan fingerprint density at radius 1 is 0.941 bits per heavy atom. The Morgan fingerprint density at radius 2 is 1.74 bits per heavy atom. The summed E-state index contributed by atoms with van der Waals surface area (Å²) in [4.78, 5) is 4.89. The molecule has 4 aromatic heterocycles. The van der Waals surface area contributed by atoms with Crippen LogP contribution in [0.25, 0.3) is 54.3 Å². The number of hydrogen-bond donors (Lipinski definition) is 0. The highest BCUT2D eigenvalue weighted by molar-refractivity contribution is 7.17. The third kappa shape index (κ3) is 3.27. The van der Waals surface area contributed by atoms with Gasteiger partial charge in [-0.1, -0.05) is 34.6 Å². The molecule has 0 N–H and O–H groups in total. The zero-order chi connectivity index (χ0) is 23.8. The Bertz CT molecular complexity index is 1710. The molecule has 0 aliphatic heterocycles. The van der Waals surface area contributed by atoms with Gasteiger partial charge in [0.25, 0.3) is 0 Å². The van der Waals surface area contributed by atoms with E-state index in [1.807, 2.05) is 29.7 Å². The number of aryl methyl sites for hydroxylation is 1. The number of hydrogen-bond acceptors (Lipinski definition) is 4. The first kappa shape index (κ1) is 21.4. The topological polar surface area (TPSA) is 39.2 Å². The average Bonchev–Trinajstić information content (AvgIpc) is 3.46. The number of rotatable bonds is 3. The van der Waals surface area contributed by atoms with E-state index in [1.165, 1.54) is 26.6 Å². The van der Waals surface area contributed by atoms with Gasteiger partial charge in [0.1, 0.15) is 22.5 Å². The van der Waals surface area contributed by atoms with Crippen LogP contribution in [0.4, 0.5) is 0 Å². The van der Waals surface area contributed by atoms with E-state index in [2.05, 4.69) is 71.2 Å². The van der Waals surface area contributed by atoms with Gasteiger partial charge in [-0.3, -0.25) is 4.98 Å². The third-order valence-corrected chi connectivity index (χ3v) is 7.71. The summed E-state index contributed by atoms with van der Waals surface area (Å²) in [7, 11) is 0. The Morgan fingerprint density at radius 3 is 2.50 bits per heavy atom. The number of nitrogens with zero attached hydrogens (tertiary/aromatic N) is 1. The third-order valence-electron chi connectivity index (χ3n) is 6.74.